The van der Waals surface area contributed by atoms with Gasteiger partial charge in [-0.1, -0.05) is 30.0 Å². The Morgan fingerprint density at radius 1 is 1.26 bits per heavy atom. The number of amides is 2. The zero-order valence-corrected chi connectivity index (χ0v) is 17.7. The van der Waals surface area contributed by atoms with Crippen LogP contribution in [-0.2, 0) is 9.59 Å². The molecular weight excluding hydrogens is 420 g/mol. The van der Waals surface area contributed by atoms with Gasteiger partial charge in [0.15, 0.2) is 5.17 Å². The van der Waals surface area contributed by atoms with E-state index < -0.39 is 22.0 Å². The summed E-state index contributed by atoms with van der Waals surface area (Å²) in [7, 11) is 3.89. The maximum atomic E-state index is 12.7. The molecule has 2 amide bonds. The van der Waals surface area contributed by atoms with Crippen molar-refractivity contribution in [1.29, 1.82) is 0 Å². The van der Waals surface area contributed by atoms with Crippen molar-refractivity contribution in [3.8, 4) is 0 Å². The largest absolute Gasteiger partial charge is 0.378 e. The summed E-state index contributed by atoms with van der Waals surface area (Å²) in [5.41, 5.74) is 7.69. The van der Waals surface area contributed by atoms with Crippen LogP contribution in [0.4, 0.5) is 17.1 Å². The molecule has 0 spiro atoms. The molecule has 160 valence electrons. The van der Waals surface area contributed by atoms with E-state index in [9.17, 15) is 19.7 Å². The number of nitrogens with two attached hydrogens (primary N) is 1. The molecule has 2 aromatic rings. The van der Waals surface area contributed by atoms with Gasteiger partial charge in [-0.05, 0) is 23.8 Å². The maximum Gasteiger partial charge on any atom is 0.271 e. The van der Waals surface area contributed by atoms with Crippen LogP contribution in [-0.4, -0.2) is 47.5 Å². The second-order valence-electron chi connectivity index (χ2n) is 6.82. The molecule has 1 heterocycles. The lowest BCUT2D eigenvalue weighted by Crippen LogP contribution is -2.31. The lowest BCUT2D eigenvalue weighted by Gasteiger charge is -2.14. The molecule has 0 saturated carbocycles. The number of rotatable bonds is 6. The number of hydrogen-bond acceptors (Lipinski definition) is 8. The van der Waals surface area contributed by atoms with E-state index in [0.717, 1.165) is 27.9 Å². The first-order valence-corrected chi connectivity index (χ1v) is 10.1. The van der Waals surface area contributed by atoms with Gasteiger partial charge in [0, 0.05) is 38.3 Å². The number of anilines is 2. The molecule has 0 bridgehead atoms. The van der Waals surface area contributed by atoms with E-state index in [0.29, 0.717) is 0 Å². The highest BCUT2D eigenvalue weighted by molar-refractivity contribution is 8.14. The van der Waals surface area contributed by atoms with E-state index in [1.54, 1.807) is 0 Å². The standard InChI is InChI=1S/C20H20N6O4S/c1-24(2)14-8-6-13(7-9-14)12-22-23-20(21)31-17-11-18(27)25(19(17)28)15-4-3-5-16(10-15)26(29)30/h3-10,12,17H,11H2,1-2H3,(H2,21,23). The number of imide groups is 1. The van der Waals surface area contributed by atoms with Crippen LogP contribution >= 0.6 is 11.8 Å². The Kier molecular flexibility index (Phi) is 6.65. The van der Waals surface area contributed by atoms with Crippen LogP contribution in [0.3, 0.4) is 0 Å². The van der Waals surface area contributed by atoms with Crippen molar-refractivity contribution in [3.05, 3.63) is 64.2 Å². The van der Waals surface area contributed by atoms with E-state index in [1.165, 1.54) is 30.5 Å². The second-order valence-corrected chi connectivity index (χ2v) is 8.05. The van der Waals surface area contributed by atoms with Crippen LogP contribution in [0.2, 0.25) is 0 Å². The lowest BCUT2D eigenvalue weighted by molar-refractivity contribution is -0.384. The van der Waals surface area contributed by atoms with Gasteiger partial charge in [0.1, 0.15) is 5.25 Å². The van der Waals surface area contributed by atoms with Gasteiger partial charge >= 0.3 is 0 Å². The number of hydrogen-bond donors (Lipinski definition) is 1. The van der Waals surface area contributed by atoms with Crippen LogP contribution in [0.1, 0.15) is 12.0 Å². The van der Waals surface area contributed by atoms with Crippen LogP contribution in [0, 0.1) is 10.1 Å². The van der Waals surface area contributed by atoms with Crippen molar-refractivity contribution < 1.29 is 14.5 Å². The van der Waals surface area contributed by atoms with Gasteiger partial charge in [-0.25, -0.2) is 4.90 Å². The van der Waals surface area contributed by atoms with E-state index in [1.807, 2.05) is 43.3 Å². The molecule has 1 aliphatic rings. The maximum absolute atomic E-state index is 12.7. The number of carbonyl (C=O) groups is 2. The summed E-state index contributed by atoms with van der Waals surface area (Å²) in [5.74, 6) is -0.961. The molecule has 1 saturated heterocycles. The molecule has 2 N–H and O–H groups in total. The van der Waals surface area contributed by atoms with E-state index >= 15 is 0 Å². The first kappa shape index (κ1) is 22.0. The topological polar surface area (TPSA) is 134 Å². The van der Waals surface area contributed by atoms with E-state index in [-0.39, 0.29) is 23.0 Å². The highest BCUT2D eigenvalue weighted by Gasteiger charge is 2.41. The van der Waals surface area contributed by atoms with Gasteiger partial charge < -0.3 is 10.6 Å². The molecule has 10 nitrogen and oxygen atoms in total. The Balaban J connectivity index is 1.65. The second kappa shape index (κ2) is 9.39. The summed E-state index contributed by atoms with van der Waals surface area (Å²) in [6, 6.07) is 13.0. The third-order valence-electron chi connectivity index (χ3n) is 4.44. The Labute approximate surface area is 182 Å². The number of nitro groups is 1. The Morgan fingerprint density at radius 3 is 2.61 bits per heavy atom. The monoisotopic (exact) mass is 440 g/mol. The Bertz CT molecular complexity index is 1070. The fourth-order valence-electron chi connectivity index (χ4n) is 2.89. The molecule has 1 aliphatic heterocycles. The van der Waals surface area contributed by atoms with Crippen molar-refractivity contribution in [2.45, 2.75) is 11.7 Å². The van der Waals surface area contributed by atoms with Crippen molar-refractivity contribution in [2.24, 2.45) is 15.9 Å². The smallest absolute Gasteiger partial charge is 0.271 e. The average molecular weight is 440 g/mol. The fraction of sp³-hybridized carbons (Fsp3) is 0.200. The van der Waals surface area contributed by atoms with Gasteiger partial charge in [-0.2, -0.15) is 5.10 Å². The number of carbonyl (C=O) groups excluding carboxylic acids is 2. The van der Waals surface area contributed by atoms with Crippen molar-refractivity contribution in [2.75, 3.05) is 23.9 Å². The molecular formula is C20H20N6O4S. The van der Waals surface area contributed by atoms with Crippen LogP contribution in [0.25, 0.3) is 0 Å². The minimum absolute atomic E-state index is 0.0354. The third-order valence-corrected chi connectivity index (χ3v) is 5.42. The normalized spacial score (nSPS) is 16.9. The Hall–Kier alpha value is -3.73. The predicted octanol–water partition coefficient (Wildman–Crippen LogP) is 2.37. The lowest BCUT2D eigenvalue weighted by atomic mass is 10.2. The van der Waals surface area contributed by atoms with Gasteiger partial charge in [0.05, 0.1) is 16.8 Å². The van der Waals surface area contributed by atoms with Gasteiger partial charge in [-0.15, -0.1) is 5.10 Å². The zero-order valence-electron chi connectivity index (χ0n) is 16.8. The third kappa shape index (κ3) is 5.25. The molecule has 1 atom stereocenters. The first-order valence-electron chi connectivity index (χ1n) is 9.18. The molecule has 1 fully saturated rings. The number of thioether (sulfide) groups is 1. The minimum Gasteiger partial charge on any atom is -0.378 e. The SMILES string of the molecule is CN(C)c1ccc(C=NN=C(N)SC2CC(=O)N(c3cccc([N+](=O)[O-])c3)C2=O)cc1. The summed E-state index contributed by atoms with van der Waals surface area (Å²) in [5, 5.41) is 18.0. The van der Waals surface area contributed by atoms with E-state index in [2.05, 4.69) is 10.2 Å². The van der Waals surface area contributed by atoms with E-state index in [4.69, 9.17) is 5.73 Å². The summed E-state index contributed by atoms with van der Waals surface area (Å²) in [6.07, 6.45) is 1.45. The summed E-state index contributed by atoms with van der Waals surface area (Å²) in [4.78, 5) is 38.3. The summed E-state index contributed by atoms with van der Waals surface area (Å²) < 4.78 is 0. The van der Waals surface area contributed by atoms with Crippen LogP contribution in [0.15, 0.2) is 58.7 Å². The van der Waals surface area contributed by atoms with Gasteiger partial charge in [0.25, 0.3) is 5.69 Å². The molecule has 11 heteroatoms. The molecule has 2 aromatic carbocycles. The minimum atomic E-state index is -0.773. The van der Waals surface area contributed by atoms with Gasteiger partial charge in [-0.3, -0.25) is 19.7 Å². The van der Waals surface area contributed by atoms with Crippen molar-refractivity contribution >= 4 is 52.0 Å². The first-order chi connectivity index (χ1) is 14.8. The molecule has 0 aromatic heterocycles. The number of nitro benzene ring substituents is 1. The Morgan fingerprint density at radius 2 is 1.97 bits per heavy atom. The number of non-ortho nitro benzene ring substituents is 1. The summed E-state index contributed by atoms with van der Waals surface area (Å²) in [6.45, 7) is 0. The number of nitrogens with zero attached hydrogens (tertiary/aromatic N) is 5. The van der Waals surface area contributed by atoms with Crippen LogP contribution < -0.4 is 15.5 Å². The fourth-order valence-corrected chi connectivity index (χ4v) is 3.71. The predicted molar refractivity (Wildman–Crippen MR) is 122 cm³/mol. The zero-order chi connectivity index (χ0) is 22.5. The summed E-state index contributed by atoms with van der Waals surface area (Å²) >= 11 is 0.931. The molecule has 31 heavy (non-hydrogen) atoms. The molecule has 0 aliphatic carbocycles. The molecule has 0 radical (unpaired) electrons. The van der Waals surface area contributed by atoms with Crippen molar-refractivity contribution in [3.63, 3.8) is 0 Å². The highest BCUT2D eigenvalue weighted by Crippen LogP contribution is 2.31. The van der Waals surface area contributed by atoms with Crippen molar-refractivity contribution in [1.82, 2.24) is 0 Å². The quantitative estimate of drug-likeness (QED) is 0.239. The average Bonchev–Trinajstić information content (AvgIpc) is 3.01. The number of amidine groups is 1. The van der Waals surface area contributed by atoms with Gasteiger partial charge in [0.2, 0.25) is 11.8 Å². The molecule has 3 rings (SSSR count). The highest BCUT2D eigenvalue weighted by atomic mass is 32.2. The molecule has 1 unspecified atom stereocenters. The van der Waals surface area contributed by atoms with Crippen LogP contribution in [0.5, 0.6) is 0 Å². The number of benzene rings is 2.